The van der Waals surface area contributed by atoms with Gasteiger partial charge in [-0.1, -0.05) is 0 Å². The molecular weight excluding hydrogens is 278 g/mol. The van der Waals surface area contributed by atoms with Gasteiger partial charge in [-0.2, -0.15) is 0 Å². The van der Waals surface area contributed by atoms with E-state index >= 15 is 0 Å². The van der Waals surface area contributed by atoms with Crippen LogP contribution in [0.15, 0.2) is 18.2 Å². The topological polar surface area (TPSA) is 61.4 Å². The summed E-state index contributed by atoms with van der Waals surface area (Å²) in [6.07, 6.45) is 6.18. The van der Waals surface area contributed by atoms with Gasteiger partial charge in [0.05, 0.1) is 0 Å². The molecule has 2 N–H and O–H groups in total. The van der Waals surface area contributed by atoms with Gasteiger partial charge in [0.25, 0.3) is 0 Å². The quantitative estimate of drug-likeness (QED) is 0.901. The molecule has 1 aromatic carbocycles. The Morgan fingerprint density at radius 1 is 1.14 bits per heavy atom. The molecule has 0 atom stereocenters. The summed E-state index contributed by atoms with van der Waals surface area (Å²) in [4.78, 5) is 26.1. The molecule has 2 fully saturated rings. The van der Waals surface area contributed by atoms with Gasteiger partial charge >= 0.3 is 6.03 Å². The predicted octanol–water partition coefficient (Wildman–Crippen LogP) is 2.66. The van der Waals surface area contributed by atoms with Gasteiger partial charge < -0.3 is 15.5 Å². The normalized spacial score (nSPS) is 20.3. The summed E-state index contributed by atoms with van der Waals surface area (Å²) in [6.45, 7) is 0.817. The number of rotatable bonds is 3. The third-order valence-corrected chi connectivity index (χ3v) is 4.56. The third-order valence-electron chi connectivity index (χ3n) is 4.56. The zero-order valence-electron chi connectivity index (χ0n) is 12.6. The van der Waals surface area contributed by atoms with Gasteiger partial charge in [0.2, 0.25) is 5.91 Å². The van der Waals surface area contributed by atoms with E-state index in [1.165, 1.54) is 0 Å². The van der Waals surface area contributed by atoms with Crippen LogP contribution in [0.3, 0.4) is 0 Å². The number of nitrogens with zero attached hydrogens (tertiary/aromatic N) is 1. The van der Waals surface area contributed by atoms with E-state index in [9.17, 15) is 9.59 Å². The van der Waals surface area contributed by atoms with Crippen molar-refractivity contribution < 1.29 is 9.59 Å². The van der Waals surface area contributed by atoms with Gasteiger partial charge in [-0.05, 0) is 62.3 Å². The molecule has 1 aromatic rings. The number of nitrogens with one attached hydrogen (secondary N) is 2. The van der Waals surface area contributed by atoms with Gasteiger partial charge in [0, 0.05) is 29.9 Å². The molecule has 5 heteroatoms. The molecule has 3 amide bonds. The Balaban J connectivity index is 1.50. The first-order chi connectivity index (χ1) is 10.7. The summed E-state index contributed by atoms with van der Waals surface area (Å²) in [7, 11) is 0. The Hall–Kier alpha value is -2.04. The van der Waals surface area contributed by atoms with Gasteiger partial charge in [-0.15, -0.1) is 0 Å². The molecule has 2 saturated carbocycles. The molecular formula is C17H21N3O2. The summed E-state index contributed by atoms with van der Waals surface area (Å²) in [5, 5.41) is 5.81. The van der Waals surface area contributed by atoms with Crippen LogP contribution in [0.25, 0.3) is 0 Å². The average Bonchev–Trinajstić information content (AvgIpc) is 3.38. The Bertz CT molecular complexity index is 620. The first-order valence-corrected chi connectivity index (χ1v) is 8.22. The maximum absolute atomic E-state index is 12.4. The van der Waals surface area contributed by atoms with Crippen LogP contribution in [0.1, 0.15) is 37.7 Å². The van der Waals surface area contributed by atoms with E-state index in [0.29, 0.717) is 6.04 Å². The Labute approximate surface area is 130 Å². The number of hydrogen-bond donors (Lipinski definition) is 2. The van der Waals surface area contributed by atoms with E-state index in [0.717, 1.165) is 62.0 Å². The maximum atomic E-state index is 12.4. The van der Waals surface area contributed by atoms with Crippen molar-refractivity contribution in [1.29, 1.82) is 0 Å². The zero-order chi connectivity index (χ0) is 15.1. The lowest BCUT2D eigenvalue weighted by Crippen LogP contribution is -2.36. The molecule has 1 heterocycles. The number of hydrogen-bond acceptors (Lipinski definition) is 2. The average molecular weight is 299 g/mol. The molecule has 0 spiro atoms. The lowest BCUT2D eigenvalue weighted by molar-refractivity contribution is -0.119. The first kappa shape index (κ1) is 13.6. The predicted molar refractivity (Wildman–Crippen MR) is 85.0 cm³/mol. The van der Waals surface area contributed by atoms with Crippen LogP contribution in [0.2, 0.25) is 0 Å². The van der Waals surface area contributed by atoms with E-state index in [1.54, 1.807) is 0 Å². The second kappa shape index (κ2) is 5.30. The van der Waals surface area contributed by atoms with Crippen molar-refractivity contribution in [2.24, 2.45) is 5.92 Å². The fraction of sp³-hybridized carbons (Fsp3) is 0.529. The van der Waals surface area contributed by atoms with Crippen molar-refractivity contribution in [2.45, 2.75) is 44.6 Å². The molecule has 0 aromatic heterocycles. The summed E-state index contributed by atoms with van der Waals surface area (Å²) in [6, 6.07) is 6.09. The highest BCUT2D eigenvalue weighted by Gasteiger charge is 2.35. The number of benzene rings is 1. The Morgan fingerprint density at radius 3 is 2.68 bits per heavy atom. The van der Waals surface area contributed by atoms with E-state index < -0.39 is 0 Å². The monoisotopic (exact) mass is 299 g/mol. The molecule has 5 nitrogen and oxygen atoms in total. The van der Waals surface area contributed by atoms with Crippen LogP contribution in [0.5, 0.6) is 0 Å². The summed E-state index contributed by atoms with van der Waals surface area (Å²) >= 11 is 0. The number of urea groups is 1. The van der Waals surface area contributed by atoms with Crippen LogP contribution in [-0.4, -0.2) is 24.5 Å². The molecule has 22 heavy (non-hydrogen) atoms. The molecule has 3 aliphatic rings. The van der Waals surface area contributed by atoms with Gasteiger partial charge in [-0.3, -0.25) is 4.79 Å². The first-order valence-electron chi connectivity index (χ1n) is 8.22. The van der Waals surface area contributed by atoms with Crippen molar-refractivity contribution >= 4 is 23.3 Å². The van der Waals surface area contributed by atoms with Crippen LogP contribution in [-0.2, 0) is 11.2 Å². The highest BCUT2D eigenvalue weighted by molar-refractivity contribution is 5.98. The van der Waals surface area contributed by atoms with Crippen molar-refractivity contribution in [3.8, 4) is 0 Å². The highest BCUT2D eigenvalue weighted by atomic mass is 16.2. The maximum Gasteiger partial charge on any atom is 0.319 e. The Morgan fingerprint density at radius 2 is 1.95 bits per heavy atom. The fourth-order valence-electron chi connectivity index (χ4n) is 3.03. The largest absolute Gasteiger partial charge is 0.335 e. The van der Waals surface area contributed by atoms with Crippen molar-refractivity contribution in [3.05, 3.63) is 23.8 Å². The summed E-state index contributed by atoms with van der Waals surface area (Å²) in [5.74, 6) is 0.515. The smallest absolute Gasteiger partial charge is 0.319 e. The van der Waals surface area contributed by atoms with E-state index in [1.807, 2.05) is 23.1 Å². The second-order valence-corrected chi connectivity index (χ2v) is 6.58. The standard InChI is InChI=1S/C17H21N3O2/c21-16(11-3-4-11)20-9-1-2-12-10-14(7-8-15(12)20)19-17(22)18-13-5-6-13/h7-8,10-11,13H,1-6,9H2,(H2,18,19,22). The number of anilines is 2. The highest BCUT2D eigenvalue weighted by Crippen LogP contribution is 2.36. The van der Waals surface area contributed by atoms with Crippen LogP contribution in [0, 0.1) is 5.92 Å². The van der Waals surface area contributed by atoms with Gasteiger partial charge in [0.15, 0.2) is 0 Å². The number of aryl methyl sites for hydroxylation is 1. The summed E-state index contributed by atoms with van der Waals surface area (Å²) in [5.41, 5.74) is 2.98. The minimum absolute atomic E-state index is 0.135. The van der Waals surface area contributed by atoms with Gasteiger partial charge in [0.1, 0.15) is 0 Å². The van der Waals surface area contributed by atoms with Crippen LogP contribution in [0.4, 0.5) is 16.2 Å². The lowest BCUT2D eigenvalue weighted by Gasteiger charge is -2.30. The molecule has 0 radical (unpaired) electrons. The van der Waals surface area contributed by atoms with E-state index in [2.05, 4.69) is 10.6 Å². The van der Waals surface area contributed by atoms with Crippen molar-refractivity contribution in [3.63, 3.8) is 0 Å². The molecule has 2 aliphatic carbocycles. The van der Waals surface area contributed by atoms with E-state index in [-0.39, 0.29) is 17.9 Å². The van der Waals surface area contributed by atoms with Crippen molar-refractivity contribution in [2.75, 3.05) is 16.8 Å². The van der Waals surface area contributed by atoms with Crippen LogP contribution >= 0.6 is 0 Å². The zero-order valence-corrected chi connectivity index (χ0v) is 12.6. The molecule has 0 bridgehead atoms. The number of carbonyl (C=O) groups is 2. The minimum Gasteiger partial charge on any atom is -0.335 e. The van der Waals surface area contributed by atoms with Gasteiger partial charge in [-0.25, -0.2) is 4.79 Å². The van der Waals surface area contributed by atoms with E-state index in [4.69, 9.17) is 0 Å². The molecule has 116 valence electrons. The molecule has 4 rings (SSSR count). The van der Waals surface area contributed by atoms with Crippen LogP contribution < -0.4 is 15.5 Å². The number of amides is 3. The molecule has 1 aliphatic heterocycles. The SMILES string of the molecule is O=C(Nc1ccc2c(c1)CCCN2C(=O)C1CC1)NC1CC1. The Kier molecular flexibility index (Phi) is 3.28. The number of carbonyl (C=O) groups excluding carboxylic acids is 2. The number of fused-ring (bicyclic) bond motifs is 1. The molecule has 0 unspecified atom stereocenters. The molecule has 0 saturated heterocycles. The second-order valence-electron chi connectivity index (χ2n) is 6.58. The minimum atomic E-state index is -0.135. The third kappa shape index (κ3) is 2.80. The fourth-order valence-corrected chi connectivity index (χ4v) is 3.03. The lowest BCUT2D eigenvalue weighted by atomic mass is 10.0. The van der Waals surface area contributed by atoms with Crippen molar-refractivity contribution in [1.82, 2.24) is 5.32 Å². The summed E-state index contributed by atoms with van der Waals surface area (Å²) < 4.78 is 0.